The molecule has 0 aliphatic rings. The molecule has 31 heavy (non-hydrogen) atoms. The van der Waals surface area contributed by atoms with Crippen LogP contribution >= 0.6 is 0 Å². The van der Waals surface area contributed by atoms with Gasteiger partial charge >= 0.3 is 6.03 Å². The Kier molecular flexibility index (Phi) is 8.07. The Hall–Kier alpha value is -3.49. The van der Waals surface area contributed by atoms with Gasteiger partial charge in [0.05, 0.1) is 14.2 Å². The number of aromatic nitrogens is 1. The van der Waals surface area contributed by atoms with Crippen LogP contribution < -0.4 is 30.2 Å². The van der Waals surface area contributed by atoms with E-state index in [-0.39, 0.29) is 18.0 Å². The first kappa shape index (κ1) is 23.8. The minimum Gasteiger partial charge on any atom is -0.493 e. The Balaban J connectivity index is 1.91. The van der Waals surface area contributed by atoms with E-state index in [1.165, 1.54) is 0 Å². The second-order valence-electron chi connectivity index (χ2n) is 7.89. The van der Waals surface area contributed by atoms with Crippen LogP contribution in [0.1, 0.15) is 33.3 Å². The van der Waals surface area contributed by atoms with Crippen LogP contribution in [-0.4, -0.2) is 42.7 Å². The molecule has 1 atom stereocenters. The summed E-state index contributed by atoms with van der Waals surface area (Å²) in [6.07, 6.45) is 1.59. The number of ether oxygens (including phenoxy) is 3. The number of nitrogens with one attached hydrogen (secondary N) is 3. The molecule has 0 aliphatic carbocycles. The highest BCUT2D eigenvalue weighted by molar-refractivity contribution is 5.87. The van der Waals surface area contributed by atoms with E-state index < -0.39 is 12.1 Å². The van der Waals surface area contributed by atoms with Gasteiger partial charge in [-0.3, -0.25) is 4.79 Å². The monoisotopic (exact) mass is 430 g/mol. The molecule has 0 saturated heterocycles. The predicted molar refractivity (Wildman–Crippen MR) is 117 cm³/mol. The molecule has 0 unspecified atom stereocenters. The summed E-state index contributed by atoms with van der Waals surface area (Å²) in [4.78, 5) is 28.4. The van der Waals surface area contributed by atoms with Crippen LogP contribution in [0.5, 0.6) is 23.1 Å². The van der Waals surface area contributed by atoms with E-state index in [4.69, 9.17) is 14.2 Å². The van der Waals surface area contributed by atoms with Crippen LogP contribution in [-0.2, 0) is 11.3 Å². The molecule has 9 nitrogen and oxygen atoms in total. The summed E-state index contributed by atoms with van der Waals surface area (Å²) < 4.78 is 16.4. The Morgan fingerprint density at radius 1 is 1.06 bits per heavy atom. The molecule has 9 heteroatoms. The van der Waals surface area contributed by atoms with Gasteiger partial charge in [-0.15, -0.1) is 0 Å². The van der Waals surface area contributed by atoms with Crippen LogP contribution in [0, 0.1) is 0 Å². The number of urea groups is 1. The minimum absolute atomic E-state index is 0.241. The van der Waals surface area contributed by atoms with Gasteiger partial charge in [0, 0.05) is 24.3 Å². The maximum atomic E-state index is 12.1. The van der Waals surface area contributed by atoms with Crippen LogP contribution in [0.15, 0.2) is 36.5 Å². The molecule has 0 spiro atoms. The van der Waals surface area contributed by atoms with Gasteiger partial charge in [0.1, 0.15) is 6.04 Å². The first-order chi connectivity index (χ1) is 14.6. The fourth-order valence-corrected chi connectivity index (χ4v) is 2.57. The summed E-state index contributed by atoms with van der Waals surface area (Å²) in [6, 6.07) is 7.67. The van der Waals surface area contributed by atoms with Crippen LogP contribution in [0.25, 0.3) is 0 Å². The molecular weight excluding hydrogens is 400 g/mol. The third-order valence-corrected chi connectivity index (χ3v) is 4.08. The molecule has 2 aromatic rings. The summed E-state index contributed by atoms with van der Waals surface area (Å²) in [5.41, 5.74) is 0.397. The van der Waals surface area contributed by atoms with Crippen molar-refractivity contribution in [3.05, 3.63) is 42.1 Å². The highest BCUT2D eigenvalue weighted by Crippen LogP contribution is 2.39. The Labute approximate surface area is 182 Å². The highest BCUT2D eigenvalue weighted by atomic mass is 16.5. The zero-order chi connectivity index (χ0) is 23.0. The number of benzene rings is 1. The van der Waals surface area contributed by atoms with Gasteiger partial charge in [-0.2, -0.15) is 0 Å². The average Bonchev–Trinajstić information content (AvgIpc) is 2.72. The van der Waals surface area contributed by atoms with Gasteiger partial charge in [0.25, 0.3) is 0 Å². The molecule has 1 aromatic carbocycles. The van der Waals surface area contributed by atoms with E-state index >= 15 is 0 Å². The number of methoxy groups -OCH3 is 2. The number of rotatable bonds is 8. The molecule has 0 fully saturated rings. The lowest BCUT2D eigenvalue weighted by Crippen LogP contribution is -2.52. The number of pyridine rings is 1. The van der Waals surface area contributed by atoms with Crippen molar-refractivity contribution in [2.45, 2.75) is 45.8 Å². The molecule has 3 N–H and O–H groups in total. The smallest absolute Gasteiger partial charge is 0.315 e. The molecule has 0 aliphatic heterocycles. The van der Waals surface area contributed by atoms with Crippen molar-refractivity contribution in [1.82, 2.24) is 20.9 Å². The normalized spacial score (nSPS) is 11.8. The van der Waals surface area contributed by atoms with E-state index in [2.05, 4.69) is 20.9 Å². The maximum absolute atomic E-state index is 12.1. The number of hydrogen-bond donors (Lipinski definition) is 3. The number of carbonyl (C=O) groups is 2. The number of carbonyl (C=O) groups excluding carboxylic acids is 2. The van der Waals surface area contributed by atoms with Gasteiger partial charge in [-0.05, 0) is 45.4 Å². The molecule has 0 radical (unpaired) electrons. The zero-order valence-electron chi connectivity index (χ0n) is 18.7. The van der Waals surface area contributed by atoms with E-state index in [0.29, 0.717) is 23.1 Å². The van der Waals surface area contributed by atoms with Crippen LogP contribution in [0.2, 0.25) is 0 Å². The third-order valence-electron chi connectivity index (χ3n) is 4.08. The summed E-state index contributed by atoms with van der Waals surface area (Å²) in [5, 5.41) is 8.13. The average molecular weight is 431 g/mol. The van der Waals surface area contributed by atoms with E-state index in [1.807, 2.05) is 20.8 Å². The fraction of sp³-hybridized carbons (Fsp3) is 0.409. The molecular formula is C22H30N4O5. The molecule has 3 amide bonds. The lowest BCUT2D eigenvalue weighted by Gasteiger charge is -2.23. The lowest BCUT2D eigenvalue weighted by atomic mass is 10.1. The third kappa shape index (κ3) is 7.36. The van der Waals surface area contributed by atoms with E-state index in [0.717, 1.165) is 5.56 Å². The van der Waals surface area contributed by atoms with Gasteiger partial charge in [0.15, 0.2) is 11.5 Å². The SMILES string of the molecule is COc1cccc(OC)c1Oc1ccc(CNC(=O)N[C@@H](C)C(=O)NC(C)(C)C)cn1. The Morgan fingerprint density at radius 2 is 1.71 bits per heavy atom. The van der Waals surface area contributed by atoms with Gasteiger partial charge < -0.3 is 30.2 Å². The second-order valence-corrected chi connectivity index (χ2v) is 7.89. The lowest BCUT2D eigenvalue weighted by molar-refractivity contribution is -0.123. The standard InChI is InChI=1S/C22H30N4O5/c1-14(20(27)26-22(2,3)4)25-21(28)24-13-15-10-11-18(23-12-15)31-19-16(29-5)8-7-9-17(19)30-6/h7-12,14H,13H2,1-6H3,(H,26,27)(H2,24,25,28)/t14-/m0/s1. The summed E-state index contributed by atoms with van der Waals surface area (Å²) >= 11 is 0. The van der Waals surface area contributed by atoms with Gasteiger partial charge in [-0.25, -0.2) is 9.78 Å². The number of amides is 3. The van der Waals surface area contributed by atoms with Crippen molar-refractivity contribution >= 4 is 11.9 Å². The first-order valence-corrected chi connectivity index (χ1v) is 9.83. The molecule has 1 heterocycles. The molecule has 168 valence electrons. The summed E-state index contributed by atoms with van der Waals surface area (Å²) in [7, 11) is 3.09. The summed E-state index contributed by atoms with van der Waals surface area (Å²) in [6.45, 7) is 7.50. The Bertz CT molecular complexity index is 872. The van der Waals surface area contributed by atoms with E-state index in [1.54, 1.807) is 57.7 Å². The fourth-order valence-electron chi connectivity index (χ4n) is 2.57. The highest BCUT2D eigenvalue weighted by Gasteiger charge is 2.20. The van der Waals surface area contributed by atoms with Crippen LogP contribution in [0.4, 0.5) is 4.79 Å². The largest absolute Gasteiger partial charge is 0.493 e. The first-order valence-electron chi connectivity index (χ1n) is 9.83. The maximum Gasteiger partial charge on any atom is 0.315 e. The van der Waals surface area contributed by atoms with Crippen molar-refractivity contribution in [3.63, 3.8) is 0 Å². The summed E-state index contributed by atoms with van der Waals surface area (Å²) in [5.74, 6) is 1.56. The molecule has 1 aromatic heterocycles. The number of nitrogens with zero attached hydrogens (tertiary/aromatic N) is 1. The van der Waals surface area contributed by atoms with Crippen molar-refractivity contribution < 1.29 is 23.8 Å². The molecule has 2 rings (SSSR count). The van der Waals surface area contributed by atoms with Gasteiger partial charge in [-0.1, -0.05) is 12.1 Å². The van der Waals surface area contributed by atoms with Gasteiger partial charge in [0.2, 0.25) is 17.5 Å². The predicted octanol–water partition coefficient (Wildman–Crippen LogP) is 2.99. The molecule has 0 saturated carbocycles. The van der Waals surface area contributed by atoms with Crippen molar-refractivity contribution in [2.75, 3.05) is 14.2 Å². The number of para-hydroxylation sites is 1. The zero-order valence-corrected chi connectivity index (χ0v) is 18.7. The molecule has 0 bridgehead atoms. The second kappa shape index (κ2) is 10.5. The van der Waals surface area contributed by atoms with Crippen LogP contribution in [0.3, 0.4) is 0 Å². The van der Waals surface area contributed by atoms with Crippen molar-refractivity contribution in [2.24, 2.45) is 0 Å². The van der Waals surface area contributed by atoms with E-state index in [9.17, 15) is 9.59 Å². The van der Waals surface area contributed by atoms with Crippen molar-refractivity contribution in [1.29, 1.82) is 0 Å². The minimum atomic E-state index is -0.663. The number of hydrogen-bond acceptors (Lipinski definition) is 6. The Morgan fingerprint density at radius 3 is 2.23 bits per heavy atom. The topological polar surface area (TPSA) is 111 Å². The quantitative estimate of drug-likeness (QED) is 0.594. The van der Waals surface area contributed by atoms with Crippen molar-refractivity contribution in [3.8, 4) is 23.1 Å².